The molecule has 2 heteroatoms. The van der Waals surface area contributed by atoms with Crippen LogP contribution in [0, 0.1) is 11.3 Å². The summed E-state index contributed by atoms with van der Waals surface area (Å²) in [5, 5.41) is 2.99. The highest BCUT2D eigenvalue weighted by Gasteiger charge is 2.48. The van der Waals surface area contributed by atoms with Crippen LogP contribution in [-0.4, -0.2) is 12.5 Å². The molecule has 0 bridgehead atoms. The Labute approximate surface area is 102 Å². The summed E-state index contributed by atoms with van der Waals surface area (Å²) in [6, 6.07) is 10.6. The van der Waals surface area contributed by atoms with E-state index in [4.69, 9.17) is 0 Å². The zero-order valence-corrected chi connectivity index (χ0v) is 10.1. The second-order valence-electron chi connectivity index (χ2n) is 5.51. The van der Waals surface area contributed by atoms with Crippen molar-refractivity contribution in [3.63, 3.8) is 0 Å². The first-order valence-electron chi connectivity index (χ1n) is 6.62. The third-order valence-electron chi connectivity index (χ3n) is 4.54. The molecule has 90 valence electrons. The topological polar surface area (TPSA) is 29.1 Å². The van der Waals surface area contributed by atoms with E-state index in [0.717, 1.165) is 19.4 Å². The molecule has 17 heavy (non-hydrogen) atoms. The highest BCUT2D eigenvalue weighted by molar-refractivity contribution is 5.81. The van der Waals surface area contributed by atoms with Gasteiger partial charge in [-0.05, 0) is 36.7 Å². The first-order valence-corrected chi connectivity index (χ1v) is 6.62. The van der Waals surface area contributed by atoms with Gasteiger partial charge in [-0.2, -0.15) is 0 Å². The maximum absolute atomic E-state index is 11.9. The van der Waals surface area contributed by atoms with Crippen LogP contribution in [-0.2, 0) is 11.2 Å². The van der Waals surface area contributed by atoms with Crippen LogP contribution in [0.15, 0.2) is 30.3 Å². The number of nitrogens with one attached hydrogen (secondary N) is 1. The minimum absolute atomic E-state index is 0.261. The summed E-state index contributed by atoms with van der Waals surface area (Å²) in [4.78, 5) is 11.9. The van der Waals surface area contributed by atoms with E-state index in [9.17, 15) is 4.79 Å². The Balaban J connectivity index is 1.80. The molecule has 1 aliphatic carbocycles. The first-order chi connectivity index (χ1) is 8.30. The Morgan fingerprint density at radius 2 is 2.00 bits per heavy atom. The van der Waals surface area contributed by atoms with Crippen LogP contribution in [0.4, 0.5) is 0 Å². The van der Waals surface area contributed by atoms with Gasteiger partial charge in [-0.3, -0.25) is 4.79 Å². The lowest BCUT2D eigenvalue weighted by molar-refractivity contribution is -0.128. The van der Waals surface area contributed by atoms with Gasteiger partial charge in [-0.1, -0.05) is 36.8 Å². The van der Waals surface area contributed by atoms with Crippen LogP contribution in [0.2, 0.25) is 0 Å². The second kappa shape index (κ2) is 4.17. The minimum atomic E-state index is 0.261. The van der Waals surface area contributed by atoms with Crippen molar-refractivity contribution in [3.8, 4) is 0 Å². The molecule has 1 N–H and O–H groups in total. The highest BCUT2D eigenvalue weighted by Crippen LogP contribution is 2.51. The molecule has 1 amide bonds. The largest absolute Gasteiger partial charge is 0.356 e. The molecule has 1 heterocycles. The Hall–Kier alpha value is -1.31. The average Bonchev–Trinajstić information content (AvgIpc) is 2.72. The van der Waals surface area contributed by atoms with Crippen LogP contribution in [0.3, 0.4) is 0 Å². The summed E-state index contributed by atoms with van der Waals surface area (Å²) in [7, 11) is 0. The van der Waals surface area contributed by atoms with Crippen LogP contribution in [0.1, 0.15) is 31.2 Å². The molecule has 1 unspecified atom stereocenters. The molecule has 1 atom stereocenters. The lowest BCUT2D eigenvalue weighted by Crippen LogP contribution is -2.42. The van der Waals surface area contributed by atoms with Crippen molar-refractivity contribution in [2.24, 2.45) is 11.3 Å². The maximum Gasteiger partial charge on any atom is 0.223 e. The smallest absolute Gasteiger partial charge is 0.223 e. The SMILES string of the molecule is O=C1NCCC1C1(Cc2ccccc2)CCC1. The summed E-state index contributed by atoms with van der Waals surface area (Å²) < 4.78 is 0. The molecule has 0 radical (unpaired) electrons. The predicted molar refractivity (Wildman–Crippen MR) is 67.5 cm³/mol. The number of carbonyl (C=O) groups is 1. The van der Waals surface area contributed by atoms with Crippen molar-refractivity contribution < 1.29 is 4.79 Å². The zero-order valence-electron chi connectivity index (χ0n) is 10.1. The number of hydrogen-bond acceptors (Lipinski definition) is 1. The molecule has 1 aromatic carbocycles. The minimum Gasteiger partial charge on any atom is -0.356 e. The predicted octanol–water partition coefficient (Wildman–Crippen LogP) is 2.54. The Bertz CT molecular complexity index is 408. The summed E-state index contributed by atoms with van der Waals surface area (Å²) in [6.07, 6.45) is 5.84. The Kier molecular flexibility index (Phi) is 2.65. The molecule has 2 nitrogen and oxygen atoms in total. The van der Waals surface area contributed by atoms with Crippen LogP contribution >= 0.6 is 0 Å². The lowest BCUT2D eigenvalue weighted by atomic mass is 9.58. The maximum atomic E-state index is 11.9. The fourth-order valence-electron chi connectivity index (χ4n) is 3.46. The number of amides is 1. The van der Waals surface area contributed by atoms with Gasteiger partial charge >= 0.3 is 0 Å². The lowest BCUT2D eigenvalue weighted by Gasteiger charge is -2.45. The molecule has 2 fully saturated rings. The number of benzene rings is 1. The van der Waals surface area contributed by atoms with Gasteiger partial charge in [0.15, 0.2) is 0 Å². The van der Waals surface area contributed by atoms with Gasteiger partial charge in [0.25, 0.3) is 0 Å². The molecule has 0 aromatic heterocycles. The van der Waals surface area contributed by atoms with Crippen LogP contribution < -0.4 is 5.32 Å². The first kappa shape index (κ1) is 10.8. The standard InChI is InChI=1S/C15H19NO/c17-14-13(7-10-16-14)15(8-4-9-15)11-12-5-2-1-3-6-12/h1-3,5-6,13H,4,7-11H2,(H,16,17). The van der Waals surface area contributed by atoms with E-state index in [1.54, 1.807) is 0 Å². The fourth-order valence-corrected chi connectivity index (χ4v) is 3.46. The number of hydrogen-bond donors (Lipinski definition) is 1. The molecular formula is C15H19NO. The molecule has 0 spiro atoms. The molecule has 3 rings (SSSR count). The zero-order chi connectivity index (χ0) is 11.7. The van der Waals surface area contributed by atoms with E-state index in [1.807, 2.05) is 0 Å². The van der Waals surface area contributed by atoms with Crippen molar-refractivity contribution >= 4 is 5.91 Å². The third kappa shape index (κ3) is 1.86. The van der Waals surface area contributed by atoms with Gasteiger partial charge in [0.05, 0.1) is 0 Å². The Morgan fingerprint density at radius 3 is 2.53 bits per heavy atom. The normalized spacial score (nSPS) is 26.4. The van der Waals surface area contributed by atoms with E-state index < -0.39 is 0 Å². The third-order valence-corrected chi connectivity index (χ3v) is 4.54. The quantitative estimate of drug-likeness (QED) is 0.848. The molecule has 1 saturated heterocycles. The summed E-state index contributed by atoms with van der Waals surface area (Å²) >= 11 is 0. The number of rotatable bonds is 3. The molecule has 2 aliphatic rings. The van der Waals surface area contributed by atoms with E-state index in [1.165, 1.54) is 24.8 Å². The average molecular weight is 229 g/mol. The van der Waals surface area contributed by atoms with E-state index in [0.29, 0.717) is 5.91 Å². The second-order valence-corrected chi connectivity index (χ2v) is 5.51. The van der Waals surface area contributed by atoms with Crippen molar-refractivity contribution in [1.82, 2.24) is 5.32 Å². The van der Waals surface area contributed by atoms with Crippen LogP contribution in [0.5, 0.6) is 0 Å². The van der Waals surface area contributed by atoms with E-state index in [2.05, 4.69) is 35.6 Å². The van der Waals surface area contributed by atoms with Gasteiger partial charge in [-0.25, -0.2) is 0 Å². The van der Waals surface area contributed by atoms with Crippen molar-refractivity contribution in [2.45, 2.75) is 32.1 Å². The van der Waals surface area contributed by atoms with Crippen LogP contribution in [0.25, 0.3) is 0 Å². The monoisotopic (exact) mass is 229 g/mol. The van der Waals surface area contributed by atoms with Gasteiger partial charge in [0, 0.05) is 12.5 Å². The molecule has 1 aromatic rings. The van der Waals surface area contributed by atoms with Gasteiger partial charge in [-0.15, -0.1) is 0 Å². The molecule has 1 saturated carbocycles. The summed E-state index contributed by atoms with van der Waals surface area (Å²) in [5.74, 6) is 0.553. The summed E-state index contributed by atoms with van der Waals surface area (Å²) in [5.41, 5.74) is 1.65. The van der Waals surface area contributed by atoms with Crippen molar-refractivity contribution in [2.75, 3.05) is 6.54 Å². The Morgan fingerprint density at radius 1 is 1.24 bits per heavy atom. The van der Waals surface area contributed by atoms with Gasteiger partial charge < -0.3 is 5.32 Å². The van der Waals surface area contributed by atoms with Gasteiger partial charge in [0.2, 0.25) is 5.91 Å². The van der Waals surface area contributed by atoms with Crippen molar-refractivity contribution in [3.05, 3.63) is 35.9 Å². The number of carbonyl (C=O) groups excluding carboxylic acids is 1. The van der Waals surface area contributed by atoms with Gasteiger partial charge in [0.1, 0.15) is 0 Å². The molecule has 1 aliphatic heterocycles. The van der Waals surface area contributed by atoms with E-state index in [-0.39, 0.29) is 11.3 Å². The summed E-state index contributed by atoms with van der Waals surface area (Å²) in [6.45, 7) is 0.875. The fraction of sp³-hybridized carbons (Fsp3) is 0.533. The highest BCUT2D eigenvalue weighted by atomic mass is 16.2. The molecular weight excluding hydrogens is 210 g/mol. The van der Waals surface area contributed by atoms with E-state index >= 15 is 0 Å². The van der Waals surface area contributed by atoms with Crippen molar-refractivity contribution in [1.29, 1.82) is 0 Å².